The molecular weight excluding hydrogens is 347 g/mol. The minimum absolute atomic E-state index is 0.104. The molecular formula is C18H16Cl2N2O2. The minimum Gasteiger partial charge on any atom is -0.373 e. The maximum atomic E-state index is 12.7. The van der Waals surface area contributed by atoms with Gasteiger partial charge >= 0.3 is 0 Å². The van der Waals surface area contributed by atoms with Crippen LogP contribution >= 0.6 is 23.2 Å². The van der Waals surface area contributed by atoms with Crippen LogP contribution in [0.25, 0.3) is 0 Å². The van der Waals surface area contributed by atoms with Crippen LogP contribution in [0.2, 0.25) is 10.0 Å². The Morgan fingerprint density at radius 3 is 2.46 bits per heavy atom. The first kappa shape index (κ1) is 16.8. The average Bonchev–Trinajstić information content (AvgIpc) is 2.79. The fraction of sp³-hybridized carbons (Fsp3) is 0.222. The number of anilines is 2. The standard InChI is InChI=1S/C18H16Cl2N2O2/c1-10-3-6-15(11(2)7-10)21-16-9-17(23)22(18(16)24)12-4-5-13(19)14(20)8-12/h3-8,16,21H,9H2,1-2H3/t16-/m0/s1. The van der Waals surface area contributed by atoms with Crippen molar-refractivity contribution in [2.45, 2.75) is 26.3 Å². The molecule has 6 heteroatoms. The van der Waals surface area contributed by atoms with E-state index in [4.69, 9.17) is 23.2 Å². The molecule has 3 rings (SSSR count). The van der Waals surface area contributed by atoms with Gasteiger partial charge in [0.2, 0.25) is 5.91 Å². The molecule has 0 spiro atoms. The van der Waals surface area contributed by atoms with Gasteiger partial charge in [-0.15, -0.1) is 0 Å². The average molecular weight is 363 g/mol. The van der Waals surface area contributed by atoms with Crippen molar-refractivity contribution in [2.24, 2.45) is 0 Å². The zero-order valence-corrected chi connectivity index (χ0v) is 14.8. The number of nitrogens with zero attached hydrogens (tertiary/aromatic N) is 1. The summed E-state index contributed by atoms with van der Waals surface area (Å²) in [7, 11) is 0. The van der Waals surface area contributed by atoms with Crippen LogP contribution < -0.4 is 10.2 Å². The van der Waals surface area contributed by atoms with Gasteiger partial charge in [0.1, 0.15) is 6.04 Å². The van der Waals surface area contributed by atoms with Gasteiger partial charge in [0.25, 0.3) is 5.91 Å². The molecule has 2 aromatic rings. The summed E-state index contributed by atoms with van der Waals surface area (Å²) in [6.07, 6.45) is 0.104. The van der Waals surface area contributed by atoms with Crippen LogP contribution in [0.5, 0.6) is 0 Å². The number of carbonyl (C=O) groups is 2. The van der Waals surface area contributed by atoms with Gasteiger partial charge in [-0.1, -0.05) is 40.9 Å². The molecule has 0 saturated carbocycles. The third-order valence-corrected chi connectivity index (χ3v) is 4.76. The van der Waals surface area contributed by atoms with E-state index < -0.39 is 6.04 Å². The highest BCUT2D eigenvalue weighted by molar-refractivity contribution is 6.42. The van der Waals surface area contributed by atoms with Crippen LogP contribution in [-0.2, 0) is 9.59 Å². The second-order valence-electron chi connectivity index (χ2n) is 5.89. The number of amides is 2. The van der Waals surface area contributed by atoms with Crippen LogP contribution in [0.15, 0.2) is 36.4 Å². The van der Waals surface area contributed by atoms with E-state index >= 15 is 0 Å². The van der Waals surface area contributed by atoms with Gasteiger partial charge in [0.05, 0.1) is 22.2 Å². The van der Waals surface area contributed by atoms with Gasteiger partial charge in [0, 0.05) is 5.69 Å². The molecule has 1 aliphatic rings. The third-order valence-electron chi connectivity index (χ3n) is 4.02. The number of halogens is 2. The van der Waals surface area contributed by atoms with E-state index in [1.165, 1.54) is 6.07 Å². The highest BCUT2D eigenvalue weighted by Crippen LogP contribution is 2.31. The second kappa shape index (κ2) is 6.46. The third kappa shape index (κ3) is 3.12. The van der Waals surface area contributed by atoms with Crippen molar-refractivity contribution in [1.82, 2.24) is 0 Å². The van der Waals surface area contributed by atoms with E-state index in [1.54, 1.807) is 12.1 Å². The highest BCUT2D eigenvalue weighted by Gasteiger charge is 2.39. The molecule has 0 aliphatic carbocycles. The fourth-order valence-electron chi connectivity index (χ4n) is 2.80. The molecule has 0 aromatic heterocycles. The first-order valence-electron chi connectivity index (χ1n) is 7.52. The van der Waals surface area contributed by atoms with Crippen LogP contribution in [0.1, 0.15) is 17.5 Å². The lowest BCUT2D eigenvalue weighted by atomic mass is 10.1. The van der Waals surface area contributed by atoms with E-state index in [1.807, 2.05) is 32.0 Å². The van der Waals surface area contributed by atoms with Crippen molar-refractivity contribution in [3.8, 4) is 0 Å². The summed E-state index contributed by atoms with van der Waals surface area (Å²) in [4.78, 5) is 26.1. The topological polar surface area (TPSA) is 49.4 Å². The normalized spacial score (nSPS) is 17.5. The summed E-state index contributed by atoms with van der Waals surface area (Å²) in [5, 5.41) is 3.86. The smallest absolute Gasteiger partial charge is 0.256 e. The predicted molar refractivity (Wildman–Crippen MR) is 96.9 cm³/mol. The SMILES string of the molecule is Cc1ccc(N[C@H]2CC(=O)N(c3ccc(Cl)c(Cl)c3)C2=O)c(C)c1. The Bertz CT molecular complexity index is 836. The predicted octanol–water partition coefficient (Wildman–Crippen LogP) is 4.35. The van der Waals surface area contributed by atoms with Gasteiger partial charge in [-0.2, -0.15) is 0 Å². The second-order valence-corrected chi connectivity index (χ2v) is 6.70. The van der Waals surface area contributed by atoms with Gasteiger partial charge in [0.15, 0.2) is 0 Å². The number of hydrogen-bond acceptors (Lipinski definition) is 3. The Labute approximate surface area is 150 Å². The molecule has 4 nitrogen and oxygen atoms in total. The van der Waals surface area contributed by atoms with Gasteiger partial charge in [-0.05, 0) is 43.7 Å². The number of rotatable bonds is 3. The van der Waals surface area contributed by atoms with E-state index in [-0.39, 0.29) is 18.2 Å². The lowest BCUT2D eigenvalue weighted by Gasteiger charge is -2.17. The van der Waals surface area contributed by atoms with Crippen LogP contribution in [0, 0.1) is 13.8 Å². The monoisotopic (exact) mass is 362 g/mol. The van der Waals surface area contributed by atoms with Crippen LogP contribution in [-0.4, -0.2) is 17.9 Å². The summed E-state index contributed by atoms with van der Waals surface area (Å²) >= 11 is 11.9. The molecule has 124 valence electrons. The largest absolute Gasteiger partial charge is 0.373 e. The van der Waals surface area contributed by atoms with Crippen molar-refractivity contribution in [2.75, 3.05) is 10.2 Å². The van der Waals surface area contributed by atoms with Crippen LogP contribution in [0.3, 0.4) is 0 Å². The zero-order valence-electron chi connectivity index (χ0n) is 13.3. The first-order valence-corrected chi connectivity index (χ1v) is 8.28. The summed E-state index contributed by atoms with van der Waals surface area (Å²) < 4.78 is 0. The molecule has 0 radical (unpaired) electrons. The molecule has 1 heterocycles. The Morgan fingerprint density at radius 2 is 1.79 bits per heavy atom. The van der Waals surface area contributed by atoms with Crippen molar-refractivity contribution in [3.63, 3.8) is 0 Å². The summed E-state index contributed by atoms with van der Waals surface area (Å²) in [6.45, 7) is 3.97. The van der Waals surface area contributed by atoms with E-state index in [9.17, 15) is 9.59 Å². The maximum absolute atomic E-state index is 12.7. The number of aryl methyl sites for hydroxylation is 2. The molecule has 2 aromatic carbocycles. The molecule has 0 bridgehead atoms. The highest BCUT2D eigenvalue weighted by atomic mass is 35.5. The summed E-state index contributed by atoms with van der Waals surface area (Å²) in [6, 6.07) is 10.0. The Morgan fingerprint density at radius 1 is 1.04 bits per heavy atom. The molecule has 0 unspecified atom stereocenters. The summed E-state index contributed by atoms with van der Waals surface area (Å²) in [5.41, 5.74) is 3.46. The maximum Gasteiger partial charge on any atom is 0.256 e. The number of nitrogens with one attached hydrogen (secondary N) is 1. The lowest BCUT2D eigenvalue weighted by Crippen LogP contribution is -2.34. The molecule has 1 N–H and O–H groups in total. The Hall–Kier alpha value is -2.04. The molecule has 24 heavy (non-hydrogen) atoms. The Kier molecular flexibility index (Phi) is 4.52. The van der Waals surface area contributed by atoms with Crippen LogP contribution in [0.4, 0.5) is 11.4 Å². The van der Waals surface area contributed by atoms with Crippen molar-refractivity contribution in [3.05, 3.63) is 57.6 Å². The first-order chi connectivity index (χ1) is 11.4. The zero-order chi connectivity index (χ0) is 17.4. The molecule has 1 aliphatic heterocycles. The lowest BCUT2D eigenvalue weighted by molar-refractivity contribution is -0.121. The molecule has 1 atom stereocenters. The van der Waals surface area contributed by atoms with Crippen molar-refractivity contribution < 1.29 is 9.59 Å². The van der Waals surface area contributed by atoms with Crippen molar-refractivity contribution in [1.29, 1.82) is 0 Å². The fourth-order valence-corrected chi connectivity index (χ4v) is 3.10. The number of hydrogen-bond donors (Lipinski definition) is 1. The van der Waals surface area contributed by atoms with E-state index in [0.717, 1.165) is 21.7 Å². The van der Waals surface area contributed by atoms with E-state index in [0.29, 0.717) is 15.7 Å². The minimum atomic E-state index is -0.589. The van der Waals surface area contributed by atoms with Gasteiger partial charge in [-0.3, -0.25) is 9.59 Å². The quantitative estimate of drug-likeness (QED) is 0.825. The summed E-state index contributed by atoms with van der Waals surface area (Å²) in [5.74, 6) is -0.556. The number of imide groups is 1. The number of carbonyl (C=O) groups excluding carboxylic acids is 2. The Balaban J connectivity index is 1.84. The van der Waals surface area contributed by atoms with Gasteiger partial charge in [-0.25, -0.2) is 4.90 Å². The number of benzene rings is 2. The molecule has 1 saturated heterocycles. The van der Waals surface area contributed by atoms with Crippen molar-refractivity contribution >= 4 is 46.4 Å². The molecule has 2 amide bonds. The van der Waals surface area contributed by atoms with E-state index in [2.05, 4.69) is 5.32 Å². The molecule has 1 fully saturated rings. The van der Waals surface area contributed by atoms with Gasteiger partial charge < -0.3 is 5.32 Å².